The third-order valence-corrected chi connectivity index (χ3v) is 6.30. The average molecular weight is 455 g/mol. The van der Waals surface area contributed by atoms with E-state index < -0.39 is 44.3 Å². The Morgan fingerprint density at radius 1 is 1.23 bits per heavy atom. The number of piperazine rings is 1. The average Bonchev–Trinajstić information content (AvgIpc) is 2.48. The minimum atomic E-state index is -4.17. The molecule has 0 radical (unpaired) electrons. The zero-order valence-corrected chi connectivity index (χ0v) is 17.3. The van der Waals surface area contributed by atoms with Crippen LogP contribution in [0.1, 0.15) is 27.7 Å². The number of ether oxygens (including phenoxy) is 1. The molecule has 1 amide bonds. The van der Waals surface area contributed by atoms with Crippen LogP contribution in [0, 0.1) is 11.6 Å². The summed E-state index contributed by atoms with van der Waals surface area (Å²) >= 11 is 2.87. The molecule has 1 fully saturated rings. The Labute approximate surface area is 160 Å². The van der Waals surface area contributed by atoms with Crippen molar-refractivity contribution in [3.8, 4) is 0 Å². The second-order valence-electron chi connectivity index (χ2n) is 7.08. The summed E-state index contributed by atoms with van der Waals surface area (Å²) in [4.78, 5) is 13.0. The Hall–Kier alpha value is -1.26. The number of rotatable bonds is 2. The van der Waals surface area contributed by atoms with Crippen LogP contribution in [0.25, 0.3) is 0 Å². The van der Waals surface area contributed by atoms with Crippen molar-refractivity contribution in [2.24, 2.45) is 0 Å². The number of hydrogen-bond acceptors (Lipinski definition) is 4. The van der Waals surface area contributed by atoms with E-state index in [1.807, 2.05) is 0 Å². The standard InChI is InChI=1S/C16H21BrF2N2O4S/c1-10-9-20(5-6-21(10)15(22)25-16(2,3)4)26(23,24)14-7-11(17)12(18)8-13(14)19/h7-8,10H,5-6,9H2,1-4H3/t10-/m0/s1. The van der Waals surface area contributed by atoms with E-state index in [9.17, 15) is 22.0 Å². The first kappa shape index (κ1) is 21.0. The van der Waals surface area contributed by atoms with Crippen LogP contribution in [0.5, 0.6) is 0 Å². The first-order valence-corrected chi connectivity index (χ1v) is 10.2. The van der Waals surface area contributed by atoms with Gasteiger partial charge in [0.1, 0.15) is 22.1 Å². The van der Waals surface area contributed by atoms with Crippen LogP contribution in [0.3, 0.4) is 0 Å². The van der Waals surface area contributed by atoms with Crippen LogP contribution in [0.15, 0.2) is 21.5 Å². The number of amides is 1. The normalized spacial score (nSPS) is 19.5. The number of carbonyl (C=O) groups is 1. The lowest BCUT2D eigenvalue weighted by molar-refractivity contribution is 0.00857. The Morgan fingerprint density at radius 2 is 1.85 bits per heavy atom. The third kappa shape index (κ3) is 4.52. The highest BCUT2D eigenvalue weighted by Gasteiger charge is 2.37. The van der Waals surface area contributed by atoms with Crippen LogP contribution in [0.4, 0.5) is 13.6 Å². The van der Waals surface area contributed by atoms with E-state index in [-0.39, 0.29) is 24.1 Å². The second kappa shape index (κ2) is 7.40. The number of sulfonamides is 1. The molecule has 1 saturated heterocycles. The van der Waals surface area contributed by atoms with E-state index in [0.29, 0.717) is 6.07 Å². The number of hydrogen-bond donors (Lipinski definition) is 0. The van der Waals surface area contributed by atoms with Crippen molar-refractivity contribution in [3.05, 3.63) is 28.2 Å². The van der Waals surface area contributed by atoms with Gasteiger partial charge in [0.15, 0.2) is 0 Å². The zero-order valence-electron chi connectivity index (χ0n) is 14.9. The molecule has 0 aromatic heterocycles. The molecule has 0 bridgehead atoms. The highest BCUT2D eigenvalue weighted by Crippen LogP contribution is 2.27. The van der Waals surface area contributed by atoms with Gasteiger partial charge in [-0.05, 0) is 49.7 Å². The summed E-state index contributed by atoms with van der Waals surface area (Å²) in [6.45, 7) is 6.99. The SMILES string of the molecule is C[C@H]1CN(S(=O)(=O)c2cc(Br)c(F)cc2F)CCN1C(=O)OC(C)(C)C. The highest BCUT2D eigenvalue weighted by molar-refractivity contribution is 9.10. The van der Waals surface area contributed by atoms with E-state index in [1.165, 1.54) is 4.90 Å². The van der Waals surface area contributed by atoms with Crippen molar-refractivity contribution >= 4 is 32.0 Å². The Balaban J connectivity index is 2.20. The van der Waals surface area contributed by atoms with Crippen molar-refractivity contribution < 1.29 is 26.7 Å². The van der Waals surface area contributed by atoms with Crippen LogP contribution in [-0.4, -0.2) is 55.0 Å². The Morgan fingerprint density at radius 3 is 2.38 bits per heavy atom. The summed E-state index contributed by atoms with van der Waals surface area (Å²) in [7, 11) is -4.17. The molecule has 0 unspecified atom stereocenters. The van der Waals surface area contributed by atoms with Crippen molar-refractivity contribution in [2.75, 3.05) is 19.6 Å². The molecule has 6 nitrogen and oxygen atoms in total. The van der Waals surface area contributed by atoms with Gasteiger partial charge in [-0.1, -0.05) is 0 Å². The predicted octanol–water partition coefficient (Wildman–Crippen LogP) is 3.36. The summed E-state index contributed by atoms with van der Waals surface area (Å²) in [5.41, 5.74) is -0.663. The maximum atomic E-state index is 14.0. The maximum Gasteiger partial charge on any atom is 0.410 e. The van der Waals surface area contributed by atoms with Gasteiger partial charge in [0.05, 0.1) is 4.47 Å². The van der Waals surface area contributed by atoms with Crippen molar-refractivity contribution in [1.29, 1.82) is 0 Å². The Bertz CT molecular complexity index is 811. The first-order valence-electron chi connectivity index (χ1n) is 7.97. The lowest BCUT2D eigenvalue weighted by Gasteiger charge is -2.39. The van der Waals surface area contributed by atoms with Gasteiger partial charge in [-0.25, -0.2) is 22.0 Å². The van der Waals surface area contributed by atoms with Gasteiger partial charge in [-0.15, -0.1) is 0 Å². The molecule has 26 heavy (non-hydrogen) atoms. The Kier molecular flexibility index (Phi) is 5.99. The van der Waals surface area contributed by atoms with Gasteiger partial charge in [0.2, 0.25) is 10.0 Å². The van der Waals surface area contributed by atoms with Crippen LogP contribution < -0.4 is 0 Å². The molecule has 0 saturated carbocycles. The fourth-order valence-electron chi connectivity index (χ4n) is 2.58. The summed E-state index contributed by atoms with van der Waals surface area (Å²) in [6, 6.07) is 0.975. The van der Waals surface area contributed by atoms with E-state index >= 15 is 0 Å². The van der Waals surface area contributed by atoms with Gasteiger partial charge in [-0.3, -0.25) is 0 Å². The smallest absolute Gasteiger partial charge is 0.410 e. The van der Waals surface area contributed by atoms with E-state index in [2.05, 4.69) is 15.9 Å². The largest absolute Gasteiger partial charge is 0.444 e. The summed E-state index contributed by atoms with van der Waals surface area (Å²) in [6.07, 6.45) is -0.530. The molecule has 0 aliphatic carbocycles. The van der Waals surface area contributed by atoms with Gasteiger partial charge in [0.25, 0.3) is 0 Å². The van der Waals surface area contributed by atoms with E-state index in [0.717, 1.165) is 10.4 Å². The molecule has 1 aliphatic heterocycles. The monoisotopic (exact) mass is 454 g/mol. The van der Waals surface area contributed by atoms with Crippen LogP contribution in [0.2, 0.25) is 0 Å². The third-order valence-electron chi connectivity index (χ3n) is 3.81. The summed E-state index contributed by atoms with van der Waals surface area (Å²) < 4.78 is 59.1. The molecule has 1 aliphatic rings. The molecule has 1 aromatic carbocycles. The second-order valence-corrected chi connectivity index (χ2v) is 9.84. The first-order chi connectivity index (χ1) is 11.8. The molecule has 2 rings (SSSR count). The van der Waals surface area contributed by atoms with Gasteiger partial charge >= 0.3 is 6.09 Å². The summed E-state index contributed by atoms with van der Waals surface area (Å²) in [5, 5.41) is 0. The van der Waals surface area contributed by atoms with Gasteiger partial charge in [0, 0.05) is 31.7 Å². The van der Waals surface area contributed by atoms with Crippen LogP contribution >= 0.6 is 15.9 Å². The number of carbonyl (C=O) groups excluding carboxylic acids is 1. The minimum Gasteiger partial charge on any atom is -0.444 e. The highest BCUT2D eigenvalue weighted by atomic mass is 79.9. The molecule has 146 valence electrons. The molecule has 10 heteroatoms. The van der Waals surface area contributed by atoms with Crippen molar-refractivity contribution in [3.63, 3.8) is 0 Å². The van der Waals surface area contributed by atoms with Crippen molar-refractivity contribution in [1.82, 2.24) is 9.21 Å². The quantitative estimate of drug-likeness (QED) is 0.642. The minimum absolute atomic E-state index is 0.0135. The topological polar surface area (TPSA) is 66.9 Å². The van der Waals surface area contributed by atoms with E-state index in [1.54, 1.807) is 27.7 Å². The lowest BCUT2D eigenvalue weighted by atomic mass is 10.2. The number of benzene rings is 1. The number of halogens is 3. The molecular weight excluding hydrogens is 434 g/mol. The van der Waals surface area contributed by atoms with Gasteiger partial charge in [-0.2, -0.15) is 4.31 Å². The fraction of sp³-hybridized carbons (Fsp3) is 0.562. The molecule has 1 atom stereocenters. The molecule has 0 spiro atoms. The number of nitrogens with zero attached hydrogens (tertiary/aromatic N) is 2. The predicted molar refractivity (Wildman–Crippen MR) is 95.2 cm³/mol. The zero-order chi connectivity index (χ0) is 19.9. The fourth-order valence-corrected chi connectivity index (χ4v) is 4.65. The maximum absolute atomic E-state index is 14.0. The summed E-state index contributed by atoms with van der Waals surface area (Å²) in [5.74, 6) is -2.04. The van der Waals surface area contributed by atoms with Crippen molar-refractivity contribution in [2.45, 2.75) is 44.2 Å². The molecule has 0 N–H and O–H groups in total. The van der Waals surface area contributed by atoms with E-state index in [4.69, 9.17) is 4.74 Å². The molecule has 1 heterocycles. The van der Waals surface area contributed by atoms with Crippen LogP contribution in [-0.2, 0) is 14.8 Å². The van der Waals surface area contributed by atoms with Gasteiger partial charge < -0.3 is 9.64 Å². The molecule has 1 aromatic rings. The lowest BCUT2D eigenvalue weighted by Crippen LogP contribution is -2.56. The molecular formula is C16H21BrF2N2O4S.